The number of carbonyl (C=O) groups is 2. The summed E-state index contributed by atoms with van der Waals surface area (Å²) in [7, 11) is 0. The van der Waals surface area contributed by atoms with E-state index < -0.39 is 11.8 Å². The van der Waals surface area contributed by atoms with Gasteiger partial charge in [0.1, 0.15) is 11.5 Å². The van der Waals surface area contributed by atoms with Crippen LogP contribution in [0.1, 0.15) is 31.7 Å². The summed E-state index contributed by atoms with van der Waals surface area (Å²) in [5, 5.41) is 0.577. The van der Waals surface area contributed by atoms with Crippen LogP contribution in [0, 0.1) is 0 Å². The predicted molar refractivity (Wildman–Crippen MR) is 104 cm³/mol. The Kier molecular flexibility index (Phi) is 7.95. The molecule has 0 spiro atoms. The highest BCUT2D eigenvalue weighted by Crippen LogP contribution is 2.21. The van der Waals surface area contributed by atoms with Gasteiger partial charge < -0.3 is 9.47 Å². The average molecular weight is 391 g/mol. The van der Waals surface area contributed by atoms with Gasteiger partial charge in [-0.3, -0.25) is 20.4 Å². The Hall–Kier alpha value is -2.73. The van der Waals surface area contributed by atoms with Gasteiger partial charge in [-0.15, -0.1) is 0 Å². The number of halogens is 1. The number of nitrogens with one attached hydrogen (secondary N) is 2. The second-order valence-corrected chi connectivity index (χ2v) is 6.44. The number of ether oxygens (including phenoxy) is 2. The summed E-state index contributed by atoms with van der Waals surface area (Å²) in [4.78, 5) is 23.4. The van der Waals surface area contributed by atoms with Crippen LogP contribution in [0.5, 0.6) is 11.5 Å². The number of carbonyl (C=O) groups excluding carboxylic acids is 2. The zero-order valence-electron chi connectivity index (χ0n) is 15.3. The lowest BCUT2D eigenvalue weighted by Gasteiger charge is -2.11. The summed E-state index contributed by atoms with van der Waals surface area (Å²) in [6.07, 6.45) is 1.06. The highest BCUT2D eigenvalue weighted by atomic mass is 35.5. The molecule has 6 nitrogen and oxygen atoms in total. The molecule has 2 aromatic carbocycles. The van der Waals surface area contributed by atoms with Gasteiger partial charge in [0.25, 0.3) is 11.8 Å². The van der Waals surface area contributed by atoms with Crippen molar-refractivity contribution in [1.29, 1.82) is 0 Å². The van der Waals surface area contributed by atoms with Gasteiger partial charge in [0, 0.05) is 5.02 Å². The molecule has 1 unspecified atom stereocenters. The number of amides is 2. The van der Waals surface area contributed by atoms with Crippen LogP contribution < -0.4 is 20.3 Å². The van der Waals surface area contributed by atoms with Crippen LogP contribution in [0.4, 0.5) is 0 Å². The molecule has 7 heteroatoms. The molecule has 27 heavy (non-hydrogen) atoms. The molecule has 2 rings (SSSR count). The largest absolute Gasteiger partial charge is 0.484 e. The third kappa shape index (κ3) is 7.19. The van der Waals surface area contributed by atoms with E-state index in [0.29, 0.717) is 22.4 Å². The molecule has 0 aliphatic carbocycles. The van der Waals surface area contributed by atoms with Gasteiger partial charge in [0.05, 0.1) is 0 Å². The number of hydrogen-bond acceptors (Lipinski definition) is 4. The molecular formula is C20H23ClN2O4. The van der Waals surface area contributed by atoms with Gasteiger partial charge in [0.2, 0.25) is 0 Å². The molecule has 2 aromatic rings. The summed E-state index contributed by atoms with van der Waals surface area (Å²) < 4.78 is 10.7. The van der Waals surface area contributed by atoms with Crippen LogP contribution in [-0.4, -0.2) is 25.0 Å². The Labute approximate surface area is 163 Å². The maximum absolute atomic E-state index is 11.7. The minimum absolute atomic E-state index is 0.207. The zero-order chi connectivity index (χ0) is 19.6. The number of hydrogen-bond donors (Lipinski definition) is 2. The molecule has 2 N–H and O–H groups in total. The van der Waals surface area contributed by atoms with E-state index in [1.165, 1.54) is 5.56 Å². The van der Waals surface area contributed by atoms with Crippen molar-refractivity contribution in [2.75, 3.05) is 13.2 Å². The fourth-order valence-electron chi connectivity index (χ4n) is 2.17. The lowest BCUT2D eigenvalue weighted by molar-refractivity contribution is -0.131. The van der Waals surface area contributed by atoms with Crippen LogP contribution in [0.15, 0.2) is 48.5 Å². The van der Waals surface area contributed by atoms with E-state index in [4.69, 9.17) is 21.1 Å². The number of rotatable bonds is 8. The third-order valence-corrected chi connectivity index (χ3v) is 4.21. The van der Waals surface area contributed by atoms with Crippen molar-refractivity contribution in [3.8, 4) is 11.5 Å². The highest BCUT2D eigenvalue weighted by Gasteiger charge is 2.07. The first-order chi connectivity index (χ1) is 13.0. The SMILES string of the molecule is CCC(C)c1ccc(OCC(=O)NNC(=O)COc2ccc(Cl)cc2)cc1. The van der Waals surface area contributed by atoms with Crippen molar-refractivity contribution in [1.82, 2.24) is 10.9 Å². The molecule has 0 aliphatic heterocycles. The first kappa shape index (κ1) is 20.6. The quantitative estimate of drug-likeness (QED) is 0.677. The monoisotopic (exact) mass is 390 g/mol. The maximum Gasteiger partial charge on any atom is 0.276 e. The van der Waals surface area contributed by atoms with Gasteiger partial charge in [-0.25, -0.2) is 0 Å². The predicted octanol–water partition coefficient (Wildman–Crippen LogP) is 3.46. The average Bonchev–Trinajstić information content (AvgIpc) is 2.70. The summed E-state index contributed by atoms with van der Waals surface area (Å²) in [6, 6.07) is 14.2. The van der Waals surface area contributed by atoms with Crippen LogP contribution >= 0.6 is 11.6 Å². The van der Waals surface area contributed by atoms with Gasteiger partial charge in [-0.2, -0.15) is 0 Å². The van der Waals surface area contributed by atoms with E-state index in [0.717, 1.165) is 6.42 Å². The molecule has 0 heterocycles. The van der Waals surface area contributed by atoms with E-state index in [1.54, 1.807) is 24.3 Å². The minimum atomic E-state index is -0.490. The van der Waals surface area contributed by atoms with Crippen molar-refractivity contribution in [2.45, 2.75) is 26.2 Å². The van der Waals surface area contributed by atoms with Crippen LogP contribution in [0.3, 0.4) is 0 Å². The van der Waals surface area contributed by atoms with Gasteiger partial charge in [-0.1, -0.05) is 37.6 Å². The summed E-state index contributed by atoms with van der Waals surface area (Å²) in [6.45, 7) is 3.84. The van der Waals surface area contributed by atoms with Crippen molar-refractivity contribution in [2.24, 2.45) is 0 Å². The standard InChI is InChI=1S/C20H23ClN2O4/c1-3-14(2)15-4-8-17(9-5-15)26-12-19(24)22-23-20(25)13-27-18-10-6-16(21)7-11-18/h4-11,14H,3,12-13H2,1-2H3,(H,22,24)(H,23,25). The fraction of sp³-hybridized carbons (Fsp3) is 0.300. The van der Waals surface area contributed by atoms with Crippen LogP contribution in [-0.2, 0) is 9.59 Å². The molecule has 0 bridgehead atoms. The summed E-state index contributed by atoms with van der Waals surface area (Å²) in [5.41, 5.74) is 5.76. The van der Waals surface area contributed by atoms with E-state index in [2.05, 4.69) is 24.7 Å². The molecule has 0 radical (unpaired) electrons. The van der Waals surface area contributed by atoms with Crippen molar-refractivity contribution in [3.05, 3.63) is 59.1 Å². The van der Waals surface area contributed by atoms with E-state index in [9.17, 15) is 9.59 Å². The highest BCUT2D eigenvalue weighted by molar-refractivity contribution is 6.30. The van der Waals surface area contributed by atoms with Crippen LogP contribution in [0.25, 0.3) is 0 Å². The zero-order valence-corrected chi connectivity index (χ0v) is 16.1. The topological polar surface area (TPSA) is 76.7 Å². The molecule has 2 amide bonds. The molecule has 0 fully saturated rings. The first-order valence-corrected chi connectivity index (χ1v) is 9.04. The van der Waals surface area contributed by atoms with Crippen molar-refractivity contribution < 1.29 is 19.1 Å². The molecular weight excluding hydrogens is 368 g/mol. The fourth-order valence-corrected chi connectivity index (χ4v) is 2.29. The van der Waals surface area contributed by atoms with E-state index in [1.807, 2.05) is 24.3 Å². The molecule has 0 saturated heterocycles. The van der Waals surface area contributed by atoms with Crippen molar-refractivity contribution >= 4 is 23.4 Å². The lowest BCUT2D eigenvalue weighted by atomic mass is 9.99. The molecule has 0 aliphatic rings. The van der Waals surface area contributed by atoms with Crippen LogP contribution in [0.2, 0.25) is 5.02 Å². The Balaban J connectivity index is 1.66. The second kappa shape index (κ2) is 10.4. The van der Waals surface area contributed by atoms with E-state index in [-0.39, 0.29) is 13.2 Å². The van der Waals surface area contributed by atoms with Gasteiger partial charge in [-0.05, 0) is 54.3 Å². The lowest BCUT2D eigenvalue weighted by Crippen LogP contribution is -2.45. The smallest absolute Gasteiger partial charge is 0.276 e. The number of hydrazine groups is 1. The van der Waals surface area contributed by atoms with Gasteiger partial charge >= 0.3 is 0 Å². The summed E-state index contributed by atoms with van der Waals surface area (Å²) in [5.74, 6) is 0.615. The third-order valence-electron chi connectivity index (χ3n) is 3.96. The normalized spacial score (nSPS) is 11.4. The van der Waals surface area contributed by atoms with Crippen molar-refractivity contribution in [3.63, 3.8) is 0 Å². The van der Waals surface area contributed by atoms with Gasteiger partial charge in [0.15, 0.2) is 13.2 Å². The Morgan fingerprint density at radius 1 is 0.889 bits per heavy atom. The molecule has 1 atom stereocenters. The minimum Gasteiger partial charge on any atom is -0.484 e. The Morgan fingerprint density at radius 3 is 1.78 bits per heavy atom. The number of benzene rings is 2. The maximum atomic E-state index is 11.7. The second-order valence-electron chi connectivity index (χ2n) is 6.01. The summed E-state index contributed by atoms with van der Waals surface area (Å²) >= 11 is 5.77. The first-order valence-electron chi connectivity index (χ1n) is 8.66. The molecule has 0 saturated carbocycles. The Bertz CT molecular complexity index is 748. The molecule has 0 aromatic heterocycles. The Morgan fingerprint density at radius 2 is 1.33 bits per heavy atom. The van der Waals surface area contributed by atoms with E-state index >= 15 is 0 Å². The molecule has 144 valence electrons.